The molecule has 62 valence electrons. The summed E-state index contributed by atoms with van der Waals surface area (Å²) in [6, 6.07) is 0. The molecule has 0 aromatic carbocycles. The highest BCUT2D eigenvalue weighted by atomic mass is 127. The zero-order valence-corrected chi connectivity index (χ0v) is 8.16. The molecule has 0 unspecified atom stereocenters. The Morgan fingerprint density at radius 2 is 2.64 bits per heavy atom. The van der Waals surface area contributed by atoms with Gasteiger partial charge in [0.25, 0.3) is 0 Å². The second-order valence-electron chi connectivity index (χ2n) is 2.27. The quantitative estimate of drug-likeness (QED) is 0.783. The molecule has 1 atom stereocenters. The van der Waals surface area contributed by atoms with Crippen LogP contribution in [-0.2, 0) is 9.61 Å². The molecule has 5 heteroatoms. The highest BCUT2D eigenvalue weighted by molar-refractivity contribution is 14.1. The molecule has 11 heavy (non-hydrogen) atoms. The van der Waals surface area contributed by atoms with Gasteiger partial charge in [0.05, 0.1) is 25.2 Å². The number of imidazole rings is 1. The Morgan fingerprint density at radius 3 is 3.09 bits per heavy atom. The molecule has 0 bridgehead atoms. The molecule has 0 aliphatic heterocycles. The topological polar surface area (TPSA) is 27.1 Å². The van der Waals surface area contributed by atoms with Gasteiger partial charge in [-0.3, -0.25) is 0 Å². The fourth-order valence-electron chi connectivity index (χ4n) is 0.744. The van der Waals surface area contributed by atoms with Crippen molar-refractivity contribution in [2.75, 3.05) is 0 Å². The van der Waals surface area contributed by atoms with Gasteiger partial charge >= 0.3 is 0 Å². The third-order valence-corrected chi connectivity index (χ3v) is 2.14. The highest BCUT2D eigenvalue weighted by Crippen LogP contribution is 2.03. The van der Waals surface area contributed by atoms with Gasteiger partial charge in [-0.05, 0) is 6.92 Å². The Balaban J connectivity index is 2.56. The van der Waals surface area contributed by atoms with E-state index in [9.17, 15) is 4.39 Å². The van der Waals surface area contributed by atoms with E-state index in [2.05, 4.69) is 4.98 Å². The molecule has 1 heterocycles. The van der Waals surface area contributed by atoms with Crippen LogP contribution < -0.4 is 0 Å². The minimum atomic E-state index is -0.328. The van der Waals surface area contributed by atoms with E-state index in [0.717, 1.165) is 0 Å². The van der Waals surface area contributed by atoms with Crippen LogP contribution in [0.2, 0.25) is 0 Å². The second kappa shape index (κ2) is 4.01. The molecule has 0 aliphatic rings. The lowest BCUT2D eigenvalue weighted by atomic mass is 10.4. The molecule has 0 saturated heterocycles. The van der Waals surface area contributed by atoms with Crippen LogP contribution in [0.15, 0.2) is 12.5 Å². The van der Waals surface area contributed by atoms with E-state index in [-0.39, 0.29) is 12.1 Å². The van der Waals surface area contributed by atoms with Gasteiger partial charge in [-0.2, -0.15) is 4.39 Å². The summed E-state index contributed by atoms with van der Waals surface area (Å²) in [5.41, 5.74) is 0. The van der Waals surface area contributed by atoms with E-state index in [0.29, 0.717) is 6.54 Å². The first-order valence-corrected chi connectivity index (χ1v) is 4.05. The molecule has 1 aromatic rings. The lowest BCUT2D eigenvalue weighted by molar-refractivity contribution is 0.264. The average molecular weight is 270 g/mol. The van der Waals surface area contributed by atoms with Gasteiger partial charge in [0.1, 0.15) is 23.0 Å². The van der Waals surface area contributed by atoms with E-state index in [1.54, 1.807) is 23.0 Å². The van der Waals surface area contributed by atoms with Crippen LogP contribution in [0, 0.1) is 5.95 Å². The molecule has 3 nitrogen and oxygen atoms in total. The third-order valence-electron chi connectivity index (χ3n) is 1.27. The van der Waals surface area contributed by atoms with Crippen molar-refractivity contribution in [1.29, 1.82) is 0 Å². The van der Waals surface area contributed by atoms with Crippen molar-refractivity contribution < 1.29 is 7.46 Å². The van der Waals surface area contributed by atoms with E-state index >= 15 is 0 Å². The van der Waals surface area contributed by atoms with Crippen LogP contribution >= 0.6 is 23.0 Å². The molecule has 0 aliphatic carbocycles. The van der Waals surface area contributed by atoms with Crippen LogP contribution in [-0.4, -0.2) is 15.7 Å². The summed E-state index contributed by atoms with van der Waals surface area (Å²) in [5.74, 6) is -0.328. The van der Waals surface area contributed by atoms with Crippen LogP contribution in [0.5, 0.6) is 0 Å². The van der Waals surface area contributed by atoms with Crippen LogP contribution in [0.3, 0.4) is 0 Å². The first kappa shape index (κ1) is 8.92. The lowest BCUT2D eigenvalue weighted by Gasteiger charge is -2.07. The maximum atomic E-state index is 12.7. The fraction of sp³-hybridized carbons (Fsp3) is 0.500. The minimum absolute atomic E-state index is 0.000648. The maximum Gasteiger partial charge on any atom is 0.213 e. The fourth-order valence-corrected chi connectivity index (χ4v) is 0.905. The van der Waals surface area contributed by atoms with E-state index in [1.165, 1.54) is 17.1 Å². The molecule has 0 spiro atoms. The van der Waals surface area contributed by atoms with E-state index in [1.807, 2.05) is 6.92 Å². The molecule has 0 radical (unpaired) electrons. The second-order valence-corrected chi connectivity index (χ2v) is 2.78. The normalized spacial score (nSPS) is 13.4. The number of rotatable bonds is 3. The first-order valence-electron chi connectivity index (χ1n) is 3.17. The zero-order valence-electron chi connectivity index (χ0n) is 6.00. The van der Waals surface area contributed by atoms with E-state index in [4.69, 9.17) is 3.07 Å². The van der Waals surface area contributed by atoms with Crippen molar-refractivity contribution in [2.24, 2.45) is 0 Å². The summed E-state index contributed by atoms with van der Waals surface area (Å²) in [7, 11) is 0. The Morgan fingerprint density at radius 1 is 1.91 bits per heavy atom. The van der Waals surface area contributed by atoms with Crippen molar-refractivity contribution in [3.8, 4) is 0 Å². The summed E-state index contributed by atoms with van der Waals surface area (Å²) in [5, 5.41) is 0. The number of hydrogen-bond acceptors (Lipinski definition) is 2. The summed E-state index contributed by atoms with van der Waals surface area (Å²) in [6.07, 6.45) is 2.63. The highest BCUT2D eigenvalue weighted by Gasteiger charge is 2.05. The number of nitrogens with zero attached hydrogens (tertiary/aromatic N) is 2. The van der Waals surface area contributed by atoms with Crippen molar-refractivity contribution in [1.82, 2.24) is 9.55 Å². The van der Waals surface area contributed by atoms with Gasteiger partial charge in [0.2, 0.25) is 5.95 Å². The minimum Gasteiger partial charge on any atom is -0.311 e. The Labute approximate surface area is 78.3 Å². The van der Waals surface area contributed by atoms with E-state index < -0.39 is 0 Å². The molecular weight excluding hydrogens is 262 g/mol. The molecule has 1 aromatic heterocycles. The van der Waals surface area contributed by atoms with Crippen LogP contribution in [0.25, 0.3) is 0 Å². The van der Waals surface area contributed by atoms with Crippen molar-refractivity contribution in [3.05, 3.63) is 18.5 Å². The zero-order chi connectivity index (χ0) is 8.27. The van der Waals surface area contributed by atoms with Gasteiger partial charge in [0, 0.05) is 0 Å². The monoisotopic (exact) mass is 270 g/mol. The van der Waals surface area contributed by atoms with Gasteiger partial charge in [-0.25, -0.2) is 4.98 Å². The van der Waals surface area contributed by atoms with Crippen LogP contribution in [0.1, 0.15) is 6.92 Å². The number of hydrogen-bond donors (Lipinski definition) is 0. The Bertz CT molecular complexity index is 228. The van der Waals surface area contributed by atoms with Crippen molar-refractivity contribution in [3.63, 3.8) is 0 Å². The van der Waals surface area contributed by atoms with Crippen molar-refractivity contribution >= 4 is 23.0 Å². The largest absolute Gasteiger partial charge is 0.311 e. The maximum absolute atomic E-state index is 12.7. The predicted octanol–water partition coefficient (Wildman–Crippen LogP) is 1.78. The summed E-state index contributed by atoms with van der Waals surface area (Å²) >= 11 is 1.79. The molecule has 0 saturated carbocycles. The SMILES string of the molecule is C[C@H](Cn1cncc1F)OI. The third kappa shape index (κ3) is 2.41. The van der Waals surface area contributed by atoms with Gasteiger partial charge in [0.15, 0.2) is 0 Å². The van der Waals surface area contributed by atoms with Gasteiger partial charge in [-0.1, -0.05) is 0 Å². The van der Waals surface area contributed by atoms with Gasteiger partial charge in [-0.15, -0.1) is 0 Å². The summed E-state index contributed by atoms with van der Waals surface area (Å²) in [6.45, 7) is 2.36. The average Bonchev–Trinajstić information content (AvgIpc) is 2.37. The molecule has 0 amide bonds. The Kier molecular flexibility index (Phi) is 3.25. The molecule has 0 N–H and O–H groups in total. The summed E-state index contributed by atoms with van der Waals surface area (Å²) < 4.78 is 19.0. The predicted molar refractivity (Wildman–Crippen MR) is 46.8 cm³/mol. The molecule has 1 rings (SSSR count). The smallest absolute Gasteiger partial charge is 0.213 e. The summed E-state index contributed by atoms with van der Waals surface area (Å²) in [4.78, 5) is 3.64. The van der Waals surface area contributed by atoms with Crippen molar-refractivity contribution in [2.45, 2.75) is 19.6 Å². The number of halogens is 2. The molecule has 0 fully saturated rings. The first-order chi connectivity index (χ1) is 5.24. The standard InChI is InChI=1S/C6H8FIN2O/c1-5(11-8)3-10-4-9-2-6(10)7/h2,4-5H,3H2,1H3/t5-/m1/s1. The Hall–Kier alpha value is -0.170. The lowest BCUT2D eigenvalue weighted by Crippen LogP contribution is -2.13. The number of aromatic nitrogens is 2. The molecular formula is C6H8FIN2O. The van der Waals surface area contributed by atoms with Gasteiger partial charge < -0.3 is 7.63 Å². The van der Waals surface area contributed by atoms with Crippen LogP contribution in [0.4, 0.5) is 4.39 Å².